The largest absolute Gasteiger partial charge is 0.491 e. The van der Waals surface area contributed by atoms with Crippen LogP contribution in [0, 0.1) is 13.8 Å². The van der Waals surface area contributed by atoms with Gasteiger partial charge in [-0.25, -0.2) is 0 Å². The molecule has 1 rings (SSSR count). The van der Waals surface area contributed by atoms with Crippen LogP contribution < -0.4 is 10.1 Å². The third-order valence-electron chi connectivity index (χ3n) is 2.74. The number of ether oxygens (including phenoxy) is 1. The first-order chi connectivity index (χ1) is 9.11. The predicted octanol–water partition coefficient (Wildman–Crippen LogP) is 2.60. The molecule has 3 nitrogen and oxygen atoms in total. The van der Waals surface area contributed by atoms with Crippen molar-refractivity contribution in [3.05, 3.63) is 41.5 Å². The molecular weight excluding hydrogens is 238 g/mol. The Morgan fingerprint density at radius 1 is 1.26 bits per heavy atom. The Bertz CT molecular complexity index is 381. The zero-order valence-corrected chi connectivity index (χ0v) is 12.1. The highest BCUT2D eigenvalue weighted by Gasteiger charge is 2.05. The van der Waals surface area contributed by atoms with Gasteiger partial charge in [0.15, 0.2) is 0 Å². The Balaban J connectivity index is 2.23. The van der Waals surface area contributed by atoms with Crippen molar-refractivity contribution in [3.63, 3.8) is 0 Å². The minimum absolute atomic E-state index is 0.319. The van der Waals surface area contributed by atoms with Crippen LogP contribution in [-0.4, -0.2) is 30.9 Å². The van der Waals surface area contributed by atoms with E-state index in [0.717, 1.165) is 18.7 Å². The fourth-order valence-electron chi connectivity index (χ4n) is 1.89. The van der Waals surface area contributed by atoms with Gasteiger partial charge in [0.2, 0.25) is 0 Å². The summed E-state index contributed by atoms with van der Waals surface area (Å²) < 4.78 is 5.60. The number of aliphatic hydroxyl groups is 1. The Morgan fingerprint density at radius 3 is 2.58 bits per heavy atom. The van der Waals surface area contributed by atoms with E-state index >= 15 is 0 Å². The lowest BCUT2D eigenvalue weighted by Gasteiger charge is -2.13. The van der Waals surface area contributed by atoms with Crippen LogP contribution in [0.5, 0.6) is 5.75 Å². The number of nitrogens with one attached hydrogen (secondary N) is 1. The Hall–Kier alpha value is -1.32. The average molecular weight is 263 g/mol. The minimum atomic E-state index is -0.480. The molecule has 0 heterocycles. The summed E-state index contributed by atoms with van der Waals surface area (Å²) in [5, 5.41) is 13.0. The molecule has 1 atom stereocenters. The van der Waals surface area contributed by atoms with E-state index in [1.54, 1.807) is 0 Å². The number of hydrogen-bond acceptors (Lipinski definition) is 3. The van der Waals surface area contributed by atoms with Crippen molar-refractivity contribution in [2.75, 3.05) is 19.7 Å². The highest BCUT2D eigenvalue weighted by Crippen LogP contribution is 2.16. The van der Waals surface area contributed by atoms with E-state index in [4.69, 9.17) is 4.74 Å². The second kappa shape index (κ2) is 8.73. The van der Waals surface area contributed by atoms with Gasteiger partial charge in [-0.2, -0.15) is 0 Å². The molecule has 1 aromatic rings. The van der Waals surface area contributed by atoms with Gasteiger partial charge in [-0.05, 0) is 57.0 Å². The van der Waals surface area contributed by atoms with Gasteiger partial charge >= 0.3 is 0 Å². The molecule has 2 N–H and O–H groups in total. The van der Waals surface area contributed by atoms with Crippen molar-refractivity contribution in [2.45, 2.75) is 33.3 Å². The second-order valence-corrected chi connectivity index (χ2v) is 4.85. The van der Waals surface area contributed by atoms with Gasteiger partial charge in [0, 0.05) is 6.54 Å². The van der Waals surface area contributed by atoms with Crippen LogP contribution in [0.2, 0.25) is 0 Å². The number of rotatable bonds is 8. The molecule has 3 heteroatoms. The number of benzene rings is 1. The minimum Gasteiger partial charge on any atom is -0.491 e. The average Bonchev–Trinajstić information content (AvgIpc) is 2.35. The van der Waals surface area contributed by atoms with Crippen molar-refractivity contribution in [1.29, 1.82) is 0 Å². The lowest BCUT2D eigenvalue weighted by molar-refractivity contribution is 0.106. The lowest BCUT2D eigenvalue weighted by Crippen LogP contribution is -2.31. The number of aryl methyl sites for hydroxylation is 2. The molecule has 0 spiro atoms. The first-order valence-corrected chi connectivity index (χ1v) is 6.83. The van der Waals surface area contributed by atoms with Gasteiger partial charge in [-0.3, -0.25) is 0 Å². The topological polar surface area (TPSA) is 41.5 Å². The third kappa shape index (κ3) is 6.99. The van der Waals surface area contributed by atoms with Gasteiger partial charge in [-0.1, -0.05) is 18.2 Å². The third-order valence-corrected chi connectivity index (χ3v) is 2.74. The van der Waals surface area contributed by atoms with Crippen LogP contribution in [0.25, 0.3) is 0 Å². The molecule has 0 aliphatic heterocycles. The molecule has 0 aliphatic rings. The maximum absolute atomic E-state index is 9.80. The molecule has 0 radical (unpaired) electrons. The predicted molar refractivity (Wildman–Crippen MR) is 79.7 cm³/mol. The molecule has 1 unspecified atom stereocenters. The Morgan fingerprint density at radius 2 is 1.95 bits per heavy atom. The van der Waals surface area contributed by atoms with Crippen LogP contribution in [0.4, 0.5) is 0 Å². The van der Waals surface area contributed by atoms with Gasteiger partial charge in [0.05, 0.1) is 0 Å². The molecule has 0 aliphatic carbocycles. The van der Waals surface area contributed by atoms with Crippen LogP contribution in [0.1, 0.15) is 24.5 Å². The standard InChI is InChI=1S/C16H25NO2/c1-4-5-6-7-17-11-15(18)12-19-16-9-13(2)8-14(3)10-16/h4-5,8-10,15,17-18H,6-7,11-12H2,1-3H3/b5-4+. The zero-order chi connectivity index (χ0) is 14.1. The second-order valence-electron chi connectivity index (χ2n) is 4.85. The molecule has 0 saturated carbocycles. The smallest absolute Gasteiger partial charge is 0.119 e. The van der Waals surface area contributed by atoms with E-state index in [1.165, 1.54) is 11.1 Å². The highest BCUT2D eigenvalue weighted by atomic mass is 16.5. The summed E-state index contributed by atoms with van der Waals surface area (Å²) in [6, 6.07) is 6.07. The van der Waals surface area contributed by atoms with Gasteiger partial charge in [0.25, 0.3) is 0 Å². The molecule has 0 saturated heterocycles. The summed E-state index contributed by atoms with van der Waals surface area (Å²) in [6.45, 7) is 7.84. The van der Waals surface area contributed by atoms with Crippen LogP contribution in [0.15, 0.2) is 30.4 Å². The number of allylic oxidation sites excluding steroid dienone is 1. The molecule has 0 amide bonds. The van der Waals surface area contributed by atoms with Gasteiger partial charge < -0.3 is 15.2 Å². The van der Waals surface area contributed by atoms with Crippen LogP contribution >= 0.6 is 0 Å². The maximum Gasteiger partial charge on any atom is 0.119 e. The molecule has 19 heavy (non-hydrogen) atoms. The molecular formula is C16H25NO2. The van der Waals surface area contributed by atoms with E-state index in [-0.39, 0.29) is 0 Å². The molecule has 106 valence electrons. The summed E-state index contributed by atoms with van der Waals surface area (Å²) in [4.78, 5) is 0. The molecule has 1 aromatic carbocycles. The molecule has 0 aromatic heterocycles. The van der Waals surface area contributed by atoms with Gasteiger partial charge in [0.1, 0.15) is 18.5 Å². The van der Waals surface area contributed by atoms with E-state index in [1.807, 2.05) is 39.0 Å². The number of aliphatic hydroxyl groups excluding tert-OH is 1. The number of hydrogen-bond donors (Lipinski definition) is 2. The van der Waals surface area contributed by atoms with E-state index in [0.29, 0.717) is 13.2 Å². The normalized spacial score (nSPS) is 12.8. The summed E-state index contributed by atoms with van der Waals surface area (Å²) in [5.74, 6) is 0.825. The quantitative estimate of drug-likeness (QED) is 0.559. The Labute approximate surface area is 116 Å². The molecule has 0 fully saturated rings. The van der Waals surface area contributed by atoms with Crippen molar-refractivity contribution in [3.8, 4) is 5.75 Å². The first kappa shape index (κ1) is 15.7. The van der Waals surface area contributed by atoms with Crippen molar-refractivity contribution < 1.29 is 9.84 Å². The van der Waals surface area contributed by atoms with Crippen molar-refractivity contribution in [2.24, 2.45) is 0 Å². The summed E-state index contributed by atoms with van der Waals surface area (Å²) in [5.41, 5.74) is 2.35. The van der Waals surface area contributed by atoms with Crippen LogP contribution in [0.3, 0.4) is 0 Å². The van der Waals surface area contributed by atoms with E-state index in [9.17, 15) is 5.11 Å². The van der Waals surface area contributed by atoms with Gasteiger partial charge in [-0.15, -0.1) is 0 Å². The summed E-state index contributed by atoms with van der Waals surface area (Å²) in [6.07, 6.45) is 4.64. The first-order valence-electron chi connectivity index (χ1n) is 6.83. The summed E-state index contributed by atoms with van der Waals surface area (Å²) in [7, 11) is 0. The Kier molecular flexibility index (Phi) is 7.23. The fourth-order valence-corrected chi connectivity index (χ4v) is 1.89. The van der Waals surface area contributed by atoms with E-state index < -0.39 is 6.10 Å². The molecule has 0 bridgehead atoms. The monoisotopic (exact) mass is 263 g/mol. The lowest BCUT2D eigenvalue weighted by atomic mass is 10.1. The van der Waals surface area contributed by atoms with Crippen molar-refractivity contribution >= 4 is 0 Å². The van der Waals surface area contributed by atoms with Crippen molar-refractivity contribution in [1.82, 2.24) is 5.32 Å². The maximum atomic E-state index is 9.80. The fraction of sp³-hybridized carbons (Fsp3) is 0.500. The van der Waals surface area contributed by atoms with E-state index in [2.05, 4.69) is 17.5 Å². The van der Waals surface area contributed by atoms with Crippen LogP contribution in [-0.2, 0) is 0 Å². The zero-order valence-electron chi connectivity index (χ0n) is 12.1. The highest BCUT2D eigenvalue weighted by molar-refractivity contribution is 5.32. The SMILES string of the molecule is C/C=C/CCNCC(O)COc1cc(C)cc(C)c1. The summed E-state index contributed by atoms with van der Waals surface area (Å²) >= 11 is 0.